The minimum atomic E-state index is -0.882. The van der Waals surface area contributed by atoms with Gasteiger partial charge in [-0.25, -0.2) is 0 Å². The van der Waals surface area contributed by atoms with Crippen LogP contribution in [0, 0.1) is 20.8 Å². The Hall–Kier alpha value is -2.56. The fourth-order valence-electron chi connectivity index (χ4n) is 2.20. The van der Waals surface area contributed by atoms with Gasteiger partial charge in [0.15, 0.2) is 0 Å². The molecule has 0 spiro atoms. The van der Waals surface area contributed by atoms with Gasteiger partial charge >= 0.3 is 5.97 Å². The lowest BCUT2D eigenvalue weighted by Crippen LogP contribution is -2.13. The molecular weight excluding hydrogens is 270 g/mol. The summed E-state index contributed by atoms with van der Waals surface area (Å²) in [4.78, 5) is 22.9. The van der Waals surface area contributed by atoms with Crippen LogP contribution in [0.3, 0.4) is 0 Å². The average molecular weight is 287 g/mol. The molecule has 21 heavy (non-hydrogen) atoms. The van der Waals surface area contributed by atoms with Crippen molar-refractivity contribution in [1.82, 2.24) is 0 Å². The highest BCUT2D eigenvalue weighted by Crippen LogP contribution is 2.22. The van der Waals surface area contributed by atoms with Crippen molar-refractivity contribution in [2.75, 3.05) is 5.32 Å². The number of amides is 1. The summed E-state index contributed by atoms with van der Waals surface area (Å²) < 4.78 is 5.44. The lowest BCUT2D eigenvalue weighted by molar-refractivity contribution is -0.136. The summed E-state index contributed by atoms with van der Waals surface area (Å²) in [5.41, 5.74) is 2.67. The molecular formula is C16H17NO4. The van der Waals surface area contributed by atoms with Crippen LogP contribution in [-0.4, -0.2) is 17.0 Å². The lowest BCUT2D eigenvalue weighted by atomic mass is 10.1. The van der Waals surface area contributed by atoms with Crippen molar-refractivity contribution >= 4 is 17.6 Å². The molecule has 0 aliphatic heterocycles. The van der Waals surface area contributed by atoms with E-state index in [0.717, 1.165) is 11.3 Å². The van der Waals surface area contributed by atoms with E-state index in [1.54, 1.807) is 31.2 Å². The second-order valence-corrected chi connectivity index (χ2v) is 4.94. The van der Waals surface area contributed by atoms with Gasteiger partial charge in [-0.3, -0.25) is 9.59 Å². The quantitative estimate of drug-likeness (QED) is 0.905. The summed E-state index contributed by atoms with van der Waals surface area (Å²) >= 11 is 0. The van der Waals surface area contributed by atoms with E-state index in [-0.39, 0.29) is 12.3 Å². The summed E-state index contributed by atoms with van der Waals surface area (Å²) in [6, 6.07) is 6.75. The maximum absolute atomic E-state index is 12.3. The highest BCUT2D eigenvalue weighted by molar-refractivity contribution is 6.06. The number of benzene rings is 1. The van der Waals surface area contributed by atoms with Gasteiger partial charge in [-0.05, 0) is 38.5 Å². The van der Waals surface area contributed by atoms with Crippen LogP contribution in [-0.2, 0) is 11.2 Å². The Balaban J connectivity index is 2.14. The molecule has 1 heterocycles. The van der Waals surface area contributed by atoms with Crippen molar-refractivity contribution in [2.45, 2.75) is 27.2 Å². The molecule has 1 aromatic carbocycles. The fraction of sp³-hybridized carbons (Fsp3) is 0.250. The SMILES string of the molecule is Cc1oc(C)c(C(=O)Nc2ccc(CC(=O)O)cc2)c1C. The van der Waals surface area contributed by atoms with Crippen molar-refractivity contribution in [1.29, 1.82) is 0 Å². The molecule has 0 aliphatic rings. The third-order valence-electron chi connectivity index (χ3n) is 3.36. The monoisotopic (exact) mass is 287 g/mol. The fourth-order valence-corrected chi connectivity index (χ4v) is 2.20. The Morgan fingerprint density at radius 2 is 1.71 bits per heavy atom. The number of hydrogen-bond acceptors (Lipinski definition) is 3. The van der Waals surface area contributed by atoms with Crippen LogP contribution < -0.4 is 5.32 Å². The molecule has 0 aliphatic carbocycles. The Morgan fingerprint density at radius 1 is 1.10 bits per heavy atom. The third kappa shape index (κ3) is 3.31. The Kier molecular flexibility index (Phi) is 4.12. The predicted molar refractivity (Wildman–Crippen MR) is 78.7 cm³/mol. The number of carbonyl (C=O) groups excluding carboxylic acids is 1. The maximum atomic E-state index is 12.3. The molecule has 0 unspecified atom stereocenters. The largest absolute Gasteiger partial charge is 0.481 e. The lowest BCUT2D eigenvalue weighted by Gasteiger charge is -2.06. The number of aryl methyl sites for hydroxylation is 2. The molecule has 0 fully saturated rings. The molecule has 2 aromatic rings. The molecule has 110 valence electrons. The summed E-state index contributed by atoms with van der Waals surface area (Å²) in [6.45, 7) is 5.42. The zero-order valence-electron chi connectivity index (χ0n) is 12.2. The molecule has 1 aromatic heterocycles. The summed E-state index contributed by atoms with van der Waals surface area (Å²) in [5, 5.41) is 11.5. The topological polar surface area (TPSA) is 79.5 Å². The summed E-state index contributed by atoms with van der Waals surface area (Å²) in [6.07, 6.45) is -0.0344. The van der Waals surface area contributed by atoms with E-state index in [1.807, 2.05) is 13.8 Å². The van der Waals surface area contributed by atoms with Crippen LogP contribution >= 0.6 is 0 Å². The molecule has 5 heteroatoms. The van der Waals surface area contributed by atoms with Gasteiger partial charge in [0, 0.05) is 11.3 Å². The number of anilines is 1. The standard InChI is InChI=1S/C16H17NO4/c1-9-10(2)21-11(3)15(9)16(20)17-13-6-4-12(5-7-13)8-14(18)19/h4-7H,8H2,1-3H3,(H,17,20)(H,18,19). The van der Waals surface area contributed by atoms with Gasteiger partial charge in [-0.15, -0.1) is 0 Å². The zero-order valence-corrected chi connectivity index (χ0v) is 12.2. The number of carboxylic acids is 1. The van der Waals surface area contributed by atoms with Crippen LogP contribution in [0.4, 0.5) is 5.69 Å². The van der Waals surface area contributed by atoms with Crippen molar-refractivity contribution in [3.63, 3.8) is 0 Å². The van der Waals surface area contributed by atoms with E-state index < -0.39 is 5.97 Å². The van der Waals surface area contributed by atoms with Crippen LogP contribution in [0.25, 0.3) is 0 Å². The third-order valence-corrected chi connectivity index (χ3v) is 3.36. The van der Waals surface area contributed by atoms with Crippen LogP contribution in [0.2, 0.25) is 0 Å². The van der Waals surface area contributed by atoms with Crippen LogP contribution in [0.1, 0.15) is 33.0 Å². The first-order valence-electron chi connectivity index (χ1n) is 6.57. The second kappa shape index (κ2) is 5.83. The minimum Gasteiger partial charge on any atom is -0.481 e. The number of nitrogens with one attached hydrogen (secondary N) is 1. The van der Waals surface area contributed by atoms with Gasteiger partial charge in [-0.1, -0.05) is 12.1 Å². The van der Waals surface area contributed by atoms with E-state index >= 15 is 0 Å². The normalized spacial score (nSPS) is 10.4. The molecule has 0 radical (unpaired) electrons. The highest BCUT2D eigenvalue weighted by Gasteiger charge is 2.18. The molecule has 1 amide bonds. The van der Waals surface area contributed by atoms with Gasteiger partial charge < -0.3 is 14.8 Å². The molecule has 2 rings (SSSR count). The number of aliphatic carboxylic acids is 1. The van der Waals surface area contributed by atoms with E-state index in [0.29, 0.717) is 22.6 Å². The number of carboxylic acid groups (broad SMARTS) is 1. The Labute approximate surface area is 122 Å². The van der Waals surface area contributed by atoms with E-state index in [4.69, 9.17) is 9.52 Å². The van der Waals surface area contributed by atoms with E-state index in [2.05, 4.69) is 5.32 Å². The zero-order chi connectivity index (χ0) is 15.6. The smallest absolute Gasteiger partial charge is 0.307 e. The van der Waals surface area contributed by atoms with Gasteiger partial charge in [0.1, 0.15) is 11.5 Å². The Bertz CT molecular complexity index is 683. The average Bonchev–Trinajstić information content (AvgIpc) is 2.65. The van der Waals surface area contributed by atoms with Crippen LogP contribution in [0.15, 0.2) is 28.7 Å². The van der Waals surface area contributed by atoms with E-state index in [9.17, 15) is 9.59 Å². The first-order valence-corrected chi connectivity index (χ1v) is 6.57. The molecule has 5 nitrogen and oxygen atoms in total. The molecule has 0 saturated carbocycles. The number of furan rings is 1. The Morgan fingerprint density at radius 3 is 2.19 bits per heavy atom. The van der Waals surface area contributed by atoms with Crippen molar-refractivity contribution in [3.05, 3.63) is 52.5 Å². The first kappa shape index (κ1) is 14.8. The van der Waals surface area contributed by atoms with Crippen molar-refractivity contribution in [3.8, 4) is 0 Å². The molecule has 0 atom stereocenters. The second-order valence-electron chi connectivity index (χ2n) is 4.94. The predicted octanol–water partition coefficient (Wildman–Crippen LogP) is 3.08. The summed E-state index contributed by atoms with van der Waals surface area (Å²) in [7, 11) is 0. The number of rotatable bonds is 4. The van der Waals surface area contributed by atoms with Gasteiger partial charge in [0.25, 0.3) is 5.91 Å². The number of carbonyl (C=O) groups is 2. The first-order chi connectivity index (χ1) is 9.88. The highest BCUT2D eigenvalue weighted by atomic mass is 16.4. The number of hydrogen-bond donors (Lipinski definition) is 2. The van der Waals surface area contributed by atoms with Gasteiger partial charge in [0.2, 0.25) is 0 Å². The molecule has 0 bridgehead atoms. The maximum Gasteiger partial charge on any atom is 0.307 e. The summed E-state index contributed by atoms with van der Waals surface area (Å²) in [5.74, 6) is 0.208. The van der Waals surface area contributed by atoms with E-state index in [1.165, 1.54) is 0 Å². The van der Waals surface area contributed by atoms with Gasteiger partial charge in [0.05, 0.1) is 12.0 Å². The molecule has 0 saturated heterocycles. The van der Waals surface area contributed by atoms with Crippen molar-refractivity contribution in [2.24, 2.45) is 0 Å². The van der Waals surface area contributed by atoms with Crippen molar-refractivity contribution < 1.29 is 19.1 Å². The minimum absolute atomic E-state index is 0.0344. The molecule has 2 N–H and O–H groups in total. The van der Waals surface area contributed by atoms with Crippen LogP contribution in [0.5, 0.6) is 0 Å². The van der Waals surface area contributed by atoms with Gasteiger partial charge in [-0.2, -0.15) is 0 Å².